The number of amides is 1. The van der Waals surface area contributed by atoms with Crippen molar-refractivity contribution in [3.05, 3.63) is 113 Å². The molecule has 2 heterocycles. The van der Waals surface area contributed by atoms with Crippen LogP contribution in [0.2, 0.25) is 0 Å². The molecule has 2 aliphatic heterocycles. The fraction of sp³-hybridized carbons (Fsp3) is 0.333. The summed E-state index contributed by atoms with van der Waals surface area (Å²) in [5.41, 5.74) is 4.87. The molecule has 2 atom stereocenters. The van der Waals surface area contributed by atoms with Crippen molar-refractivity contribution < 1.29 is 14.3 Å². The average molecular weight is 524 g/mol. The van der Waals surface area contributed by atoms with Gasteiger partial charge in [-0.2, -0.15) is 0 Å². The van der Waals surface area contributed by atoms with Crippen LogP contribution in [0.5, 0.6) is 5.75 Å². The predicted octanol–water partition coefficient (Wildman–Crippen LogP) is 4.30. The van der Waals surface area contributed by atoms with Gasteiger partial charge in [0.15, 0.2) is 5.78 Å². The maximum atomic E-state index is 13.3. The zero-order valence-electron chi connectivity index (χ0n) is 22.8. The van der Waals surface area contributed by atoms with Crippen LogP contribution in [0.4, 0.5) is 0 Å². The van der Waals surface area contributed by atoms with E-state index < -0.39 is 0 Å². The minimum Gasteiger partial charge on any atom is -0.492 e. The quantitative estimate of drug-likeness (QED) is 0.388. The summed E-state index contributed by atoms with van der Waals surface area (Å²) in [7, 11) is 1.89. The molecule has 2 N–H and O–H groups in total. The van der Waals surface area contributed by atoms with Crippen LogP contribution in [-0.4, -0.2) is 55.9 Å². The van der Waals surface area contributed by atoms with Gasteiger partial charge in [-0.3, -0.25) is 14.9 Å². The number of fused-ring (bicyclic) bond motifs is 2. The maximum Gasteiger partial charge on any atom is 0.250 e. The van der Waals surface area contributed by atoms with Gasteiger partial charge >= 0.3 is 0 Å². The number of rotatable bonds is 10. The summed E-state index contributed by atoms with van der Waals surface area (Å²) in [4.78, 5) is 27.0. The highest BCUT2D eigenvalue weighted by molar-refractivity contribution is 5.96. The van der Waals surface area contributed by atoms with E-state index in [-0.39, 0.29) is 23.3 Å². The topological polar surface area (TPSA) is 70.7 Å². The van der Waals surface area contributed by atoms with Crippen LogP contribution in [0.3, 0.4) is 0 Å². The van der Waals surface area contributed by atoms with Gasteiger partial charge in [0.2, 0.25) is 0 Å². The summed E-state index contributed by atoms with van der Waals surface area (Å²) in [5, 5.41) is 7.38. The van der Waals surface area contributed by atoms with Gasteiger partial charge in [0.05, 0.1) is 23.8 Å². The van der Waals surface area contributed by atoms with Crippen LogP contribution in [-0.2, 0) is 23.2 Å². The molecule has 6 nitrogen and oxygen atoms in total. The fourth-order valence-corrected chi connectivity index (χ4v) is 5.57. The van der Waals surface area contributed by atoms with E-state index in [1.165, 1.54) is 16.7 Å². The van der Waals surface area contributed by atoms with Gasteiger partial charge in [-0.05, 0) is 48.6 Å². The number of ketones is 1. The SMILES string of the molecule is CC(=O)c1ccccc1OCCc1ccc(C23CC=C(C(=O)N(C)CCc4ccccc4)C(CNC2)N3)cc1. The van der Waals surface area contributed by atoms with Gasteiger partial charge in [-0.15, -0.1) is 0 Å². The van der Waals surface area contributed by atoms with E-state index in [1.54, 1.807) is 13.0 Å². The number of hydrogen-bond acceptors (Lipinski definition) is 5. The van der Waals surface area contributed by atoms with E-state index in [4.69, 9.17) is 4.74 Å². The molecule has 3 aromatic carbocycles. The Hall–Kier alpha value is -3.74. The van der Waals surface area contributed by atoms with Crippen LogP contribution in [0.25, 0.3) is 0 Å². The molecule has 2 aliphatic rings. The third-order valence-electron chi connectivity index (χ3n) is 7.87. The van der Waals surface area contributed by atoms with Crippen LogP contribution in [0, 0.1) is 0 Å². The Kier molecular flexibility index (Phi) is 8.24. The molecule has 2 bridgehead atoms. The average Bonchev–Trinajstić information content (AvgIpc) is 2.97. The third kappa shape index (κ3) is 6.13. The predicted molar refractivity (Wildman–Crippen MR) is 154 cm³/mol. The van der Waals surface area contributed by atoms with Crippen molar-refractivity contribution >= 4 is 11.7 Å². The Bertz CT molecular complexity index is 1340. The van der Waals surface area contributed by atoms with Crippen LogP contribution >= 0.6 is 0 Å². The van der Waals surface area contributed by atoms with Crippen LogP contribution < -0.4 is 15.4 Å². The lowest BCUT2D eigenvalue weighted by Crippen LogP contribution is -2.65. The number of piperazine rings is 1. The largest absolute Gasteiger partial charge is 0.492 e. The summed E-state index contributed by atoms with van der Waals surface area (Å²) in [6, 6.07) is 26.3. The molecule has 6 heteroatoms. The molecular weight excluding hydrogens is 486 g/mol. The molecule has 202 valence electrons. The molecule has 39 heavy (non-hydrogen) atoms. The second-order valence-corrected chi connectivity index (χ2v) is 10.6. The van der Waals surface area contributed by atoms with Crippen molar-refractivity contribution in [3.8, 4) is 5.75 Å². The lowest BCUT2D eigenvalue weighted by molar-refractivity contribution is -0.126. The van der Waals surface area contributed by atoms with Crippen molar-refractivity contribution in [2.24, 2.45) is 0 Å². The van der Waals surface area contributed by atoms with Gasteiger partial charge < -0.3 is 15.0 Å². The summed E-state index contributed by atoms with van der Waals surface area (Å²) in [6.07, 6.45) is 4.50. The summed E-state index contributed by atoms with van der Waals surface area (Å²) in [6.45, 7) is 4.31. The van der Waals surface area contributed by atoms with E-state index >= 15 is 0 Å². The van der Waals surface area contributed by atoms with Crippen LogP contribution in [0.15, 0.2) is 90.5 Å². The zero-order valence-corrected chi connectivity index (χ0v) is 22.8. The number of ether oxygens (including phenoxy) is 1. The molecule has 1 saturated heterocycles. The highest BCUT2D eigenvalue weighted by atomic mass is 16.5. The third-order valence-corrected chi connectivity index (χ3v) is 7.87. The van der Waals surface area contributed by atoms with E-state index in [2.05, 4.69) is 53.1 Å². The van der Waals surface area contributed by atoms with Crippen molar-refractivity contribution in [2.75, 3.05) is 33.3 Å². The van der Waals surface area contributed by atoms with Crippen LogP contribution in [0.1, 0.15) is 40.4 Å². The van der Waals surface area contributed by atoms with E-state index in [0.717, 1.165) is 37.9 Å². The Morgan fingerprint density at radius 1 is 0.949 bits per heavy atom. The number of carbonyl (C=O) groups excluding carboxylic acids is 2. The minimum absolute atomic E-state index is 0.00585. The molecule has 0 radical (unpaired) electrons. The first-order chi connectivity index (χ1) is 18.9. The number of carbonyl (C=O) groups is 2. The molecule has 0 saturated carbocycles. The second-order valence-electron chi connectivity index (χ2n) is 10.6. The number of hydrogen-bond donors (Lipinski definition) is 2. The molecule has 0 spiro atoms. The number of Topliss-reactive ketones (excluding diaryl/α,β-unsaturated/α-hetero) is 1. The summed E-state index contributed by atoms with van der Waals surface area (Å²) < 4.78 is 5.92. The van der Waals surface area contributed by atoms with Crippen molar-refractivity contribution in [2.45, 2.75) is 37.8 Å². The number of para-hydroxylation sites is 1. The first kappa shape index (κ1) is 26.9. The number of nitrogens with one attached hydrogen (secondary N) is 2. The smallest absolute Gasteiger partial charge is 0.250 e. The number of nitrogens with zero attached hydrogens (tertiary/aromatic N) is 1. The first-order valence-corrected chi connectivity index (χ1v) is 13.8. The molecule has 3 aromatic rings. The number of benzene rings is 3. The lowest BCUT2D eigenvalue weighted by Gasteiger charge is -2.47. The normalized spacial score (nSPS) is 20.2. The molecule has 1 amide bonds. The molecule has 1 fully saturated rings. The van der Waals surface area contributed by atoms with E-state index in [1.807, 2.05) is 48.3 Å². The number of likely N-dealkylation sites (N-methyl/N-ethyl adjacent to an activating group) is 1. The van der Waals surface area contributed by atoms with Crippen molar-refractivity contribution in [3.63, 3.8) is 0 Å². The Morgan fingerprint density at radius 2 is 1.67 bits per heavy atom. The highest BCUT2D eigenvalue weighted by Crippen LogP contribution is 2.34. The first-order valence-electron chi connectivity index (χ1n) is 13.8. The standard InChI is InChI=1S/C33H37N3O3/c1-24(37)28-10-6-7-11-31(28)39-21-18-26-12-14-27(15-13-26)33-19-16-29(30(35-33)22-34-23-33)32(38)36(2)20-17-25-8-4-3-5-9-25/h3-16,30,34-35H,17-23H2,1-2H3. The minimum atomic E-state index is -0.231. The molecular formula is C33H37N3O3. The molecule has 5 rings (SSSR count). The van der Waals surface area contributed by atoms with E-state index in [0.29, 0.717) is 24.5 Å². The van der Waals surface area contributed by atoms with Crippen molar-refractivity contribution in [1.82, 2.24) is 15.5 Å². The van der Waals surface area contributed by atoms with Gasteiger partial charge in [-0.1, -0.05) is 72.8 Å². The second kappa shape index (κ2) is 12.0. The molecule has 2 unspecified atom stereocenters. The van der Waals surface area contributed by atoms with Gasteiger partial charge in [0.1, 0.15) is 5.75 Å². The van der Waals surface area contributed by atoms with Gasteiger partial charge in [0.25, 0.3) is 5.91 Å². The summed E-state index contributed by atoms with van der Waals surface area (Å²) >= 11 is 0. The maximum absolute atomic E-state index is 13.3. The molecule has 0 aromatic heterocycles. The zero-order chi connectivity index (χ0) is 27.2. The summed E-state index contributed by atoms with van der Waals surface area (Å²) in [5.74, 6) is 0.739. The van der Waals surface area contributed by atoms with Gasteiger partial charge in [0, 0.05) is 38.7 Å². The Labute approximate surface area is 231 Å². The fourth-order valence-electron chi connectivity index (χ4n) is 5.57. The van der Waals surface area contributed by atoms with Crippen molar-refractivity contribution in [1.29, 1.82) is 0 Å². The Balaban J connectivity index is 1.20. The van der Waals surface area contributed by atoms with Gasteiger partial charge in [-0.25, -0.2) is 0 Å². The van der Waals surface area contributed by atoms with E-state index in [9.17, 15) is 9.59 Å². The molecule has 0 aliphatic carbocycles. The highest BCUT2D eigenvalue weighted by Gasteiger charge is 2.42. The Morgan fingerprint density at radius 3 is 2.44 bits per heavy atom. The lowest BCUT2D eigenvalue weighted by atomic mass is 9.78. The monoisotopic (exact) mass is 523 g/mol.